The summed E-state index contributed by atoms with van der Waals surface area (Å²) in [6.07, 6.45) is 5.62. The van der Waals surface area contributed by atoms with Gasteiger partial charge in [-0.25, -0.2) is 4.98 Å². The zero-order chi connectivity index (χ0) is 16.1. The Morgan fingerprint density at radius 2 is 2.08 bits per heavy atom. The average Bonchev–Trinajstić information content (AvgIpc) is 3.33. The second-order valence-electron chi connectivity index (χ2n) is 6.59. The Balaban J connectivity index is 1.46. The smallest absolute Gasteiger partial charge is 0.264 e. The van der Waals surface area contributed by atoms with E-state index in [2.05, 4.69) is 29.2 Å². The molecule has 3 aromatic rings. The van der Waals surface area contributed by atoms with Gasteiger partial charge >= 0.3 is 0 Å². The normalized spacial score (nSPS) is 20.0. The van der Waals surface area contributed by atoms with E-state index in [1.807, 2.05) is 6.07 Å². The molecule has 0 bridgehead atoms. The molecule has 5 rings (SSSR count). The molecule has 1 amide bonds. The number of aryl methyl sites for hydroxylation is 2. The third kappa shape index (κ3) is 2.30. The van der Waals surface area contributed by atoms with Crippen LogP contribution in [0.25, 0.3) is 10.2 Å². The van der Waals surface area contributed by atoms with E-state index in [0.717, 1.165) is 47.6 Å². The van der Waals surface area contributed by atoms with Gasteiger partial charge in [-0.2, -0.15) is 0 Å². The van der Waals surface area contributed by atoms with Gasteiger partial charge in [-0.15, -0.1) is 22.7 Å². The van der Waals surface area contributed by atoms with Crippen LogP contribution in [0.15, 0.2) is 30.3 Å². The molecular formula is C19H18N2OS2. The maximum Gasteiger partial charge on any atom is 0.264 e. The Kier molecular flexibility index (Phi) is 3.45. The fourth-order valence-corrected chi connectivity index (χ4v) is 6.20. The molecule has 1 atom stereocenters. The van der Waals surface area contributed by atoms with Crippen LogP contribution in [0.1, 0.15) is 50.4 Å². The summed E-state index contributed by atoms with van der Waals surface area (Å²) in [6, 6.07) is 10.5. The summed E-state index contributed by atoms with van der Waals surface area (Å²) in [5.41, 5.74) is 2.45. The predicted octanol–water partition coefficient (Wildman–Crippen LogP) is 4.82. The number of benzene rings is 1. The van der Waals surface area contributed by atoms with Gasteiger partial charge in [0.05, 0.1) is 21.1 Å². The largest absolute Gasteiger partial charge is 0.328 e. The third-order valence-electron chi connectivity index (χ3n) is 5.07. The van der Waals surface area contributed by atoms with Crippen LogP contribution in [-0.2, 0) is 12.8 Å². The van der Waals surface area contributed by atoms with Crippen LogP contribution >= 0.6 is 22.7 Å². The summed E-state index contributed by atoms with van der Waals surface area (Å²) in [5, 5.41) is 1.09. The lowest BCUT2D eigenvalue weighted by atomic mass is 10.2. The summed E-state index contributed by atoms with van der Waals surface area (Å²) in [6.45, 7) is 0.849. The lowest BCUT2D eigenvalue weighted by molar-refractivity contribution is 0.0740. The van der Waals surface area contributed by atoms with Gasteiger partial charge in [0.25, 0.3) is 5.91 Å². The minimum atomic E-state index is 0.145. The zero-order valence-corrected chi connectivity index (χ0v) is 15.0. The van der Waals surface area contributed by atoms with E-state index in [-0.39, 0.29) is 11.9 Å². The second kappa shape index (κ2) is 5.67. The minimum Gasteiger partial charge on any atom is -0.328 e. The standard InChI is InChI=1S/C19H18N2OS2/c22-19(17-11-12-5-3-9-15(12)23-17)21-10-4-7-14(21)18-20-13-6-1-2-8-16(13)24-18/h1-2,6,8,11,14H,3-5,7,9-10H2/t14-/m1/s1. The average molecular weight is 354 g/mol. The predicted molar refractivity (Wildman–Crippen MR) is 99.0 cm³/mol. The van der Waals surface area contributed by atoms with Crippen molar-refractivity contribution in [3.8, 4) is 0 Å². The van der Waals surface area contributed by atoms with E-state index >= 15 is 0 Å². The fraction of sp³-hybridized carbons (Fsp3) is 0.368. The van der Waals surface area contributed by atoms with Crippen LogP contribution in [-0.4, -0.2) is 22.3 Å². The van der Waals surface area contributed by atoms with Crippen LogP contribution in [0.2, 0.25) is 0 Å². The van der Waals surface area contributed by atoms with Gasteiger partial charge in [0.15, 0.2) is 0 Å². The Bertz CT molecular complexity index is 872. The molecule has 122 valence electrons. The third-order valence-corrected chi connectivity index (χ3v) is 7.43. The summed E-state index contributed by atoms with van der Waals surface area (Å²) in [4.78, 5) is 22.3. The molecule has 0 unspecified atom stereocenters. The number of nitrogens with zero attached hydrogens (tertiary/aromatic N) is 2. The van der Waals surface area contributed by atoms with Gasteiger partial charge in [-0.3, -0.25) is 4.79 Å². The molecule has 2 aromatic heterocycles. The first-order valence-corrected chi connectivity index (χ1v) is 10.2. The monoisotopic (exact) mass is 354 g/mol. The maximum atomic E-state index is 13.1. The van der Waals surface area contributed by atoms with Gasteiger partial charge < -0.3 is 4.90 Å². The Labute approximate surface area is 148 Å². The molecule has 0 spiro atoms. The number of likely N-dealkylation sites (tertiary alicyclic amines) is 1. The van der Waals surface area contributed by atoms with Crippen LogP contribution in [0.4, 0.5) is 0 Å². The number of amides is 1. The molecule has 1 fully saturated rings. The van der Waals surface area contributed by atoms with Crippen LogP contribution in [0, 0.1) is 0 Å². The molecule has 0 saturated carbocycles. The van der Waals surface area contributed by atoms with Crippen molar-refractivity contribution < 1.29 is 4.79 Å². The van der Waals surface area contributed by atoms with E-state index in [1.54, 1.807) is 22.7 Å². The molecular weight excluding hydrogens is 336 g/mol. The molecule has 0 radical (unpaired) electrons. The molecule has 0 N–H and O–H groups in total. The highest BCUT2D eigenvalue weighted by atomic mass is 32.1. The number of para-hydroxylation sites is 1. The molecule has 24 heavy (non-hydrogen) atoms. The van der Waals surface area contributed by atoms with E-state index in [1.165, 1.54) is 21.6 Å². The minimum absolute atomic E-state index is 0.145. The number of carbonyl (C=O) groups excluding carboxylic acids is 1. The summed E-state index contributed by atoms with van der Waals surface area (Å²) >= 11 is 3.44. The van der Waals surface area contributed by atoms with E-state index < -0.39 is 0 Å². The first-order chi connectivity index (χ1) is 11.8. The number of thiophene rings is 1. The number of rotatable bonds is 2. The van der Waals surface area contributed by atoms with Gasteiger partial charge in [0, 0.05) is 11.4 Å². The Hall–Kier alpha value is -1.72. The van der Waals surface area contributed by atoms with E-state index in [9.17, 15) is 4.79 Å². The highest BCUT2D eigenvalue weighted by Crippen LogP contribution is 2.39. The van der Waals surface area contributed by atoms with Crippen LogP contribution in [0.3, 0.4) is 0 Å². The van der Waals surface area contributed by atoms with Crippen molar-refractivity contribution in [2.75, 3.05) is 6.54 Å². The van der Waals surface area contributed by atoms with E-state index in [4.69, 9.17) is 4.98 Å². The van der Waals surface area contributed by atoms with Gasteiger partial charge in [0.1, 0.15) is 5.01 Å². The van der Waals surface area contributed by atoms with Crippen LogP contribution < -0.4 is 0 Å². The SMILES string of the molecule is O=C(c1cc2c(s1)CCC2)N1CCC[C@@H]1c1nc2ccccc2s1. The van der Waals surface area contributed by atoms with Crippen molar-refractivity contribution in [3.05, 3.63) is 50.7 Å². The Morgan fingerprint density at radius 1 is 1.17 bits per heavy atom. The van der Waals surface area contributed by atoms with Crippen molar-refractivity contribution >= 4 is 38.8 Å². The van der Waals surface area contributed by atoms with Crippen molar-refractivity contribution in [3.63, 3.8) is 0 Å². The highest BCUT2D eigenvalue weighted by Gasteiger charge is 2.34. The lowest BCUT2D eigenvalue weighted by Gasteiger charge is -2.22. The molecule has 3 heterocycles. The molecule has 3 nitrogen and oxygen atoms in total. The topological polar surface area (TPSA) is 33.2 Å². The van der Waals surface area contributed by atoms with Crippen molar-refractivity contribution in [2.24, 2.45) is 0 Å². The first kappa shape index (κ1) is 14.6. The zero-order valence-electron chi connectivity index (χ0n) is 13.3. The second-order valence-corrected chi connectivity index (χ2v) is 8.79. The lowest BCUT2D eigenvalue weighted by Crippen LogP contribution is -2.29. The molecule has 1 aliphatic heterocycles. The maximum absolute atomic E-state index is 13.1. The molecule has 2 aliphatic rings. The number of fused-ring (bicyclic) bond motifs is 2. The highest BCUT2D eigenvalue weighted by molar-refractivity contribution is 7.18. The van der Waals surface area contributed by atoms with Gasteiger partial charge in [0.2, 0.25) is 0 Å². The quantitative estimate of drug-likeness (QED) is 0.661. The number of hydrogen-bond donors (Lipinski definition) is 0. The van der Waals surface area contributed by atoms with Crippen molar-refractivity contribution in [1.29, 1.82) is 0 Å². The molecule has 1 saturated heterocycles. The fourth-order valence-electron chi connectivity index (χ4n) is 3.88. The number of carbonyl (C=O) groups is 1. The number of aromatic nitrogens is 1. The summed E-state index contributed by atoms with van der Waals surface area (Å²) in [7, 11) is 0. The summed E-state index contributed by atoms with van der Waals surface area (Å²) < 4.78 is 1.21. The van der Waals surface area contributed by atoms with Gasteiger partial charge in [-0.05, 0) is 55.9 Å². The van der Waals surface area contributed by atoms with E-state index in [0.29, 0.717) is 0 Å². The molecule has 1 aromatic carbocycles. The summed E-state index contributed by atoms with van der Waals surface area (Å²) in [5.74, 6) is 0.205. The number of thiazole rings is 1. The molecule has 1 aliphatic carbocycles. The Morgan fingerprint density at radius 3 is 2.96 bits per heavy atom. The first-order valence-electron chi connectivity index (χ1n) is 8.57. The van der Waals surface area contributed by atoms with Gasteiger partial charge in [-0.1, -0.05) is 12.1 Å². The number of hydrogen-bond acceptors (Lipinski definition) is 4. The van der Waals surface area contributed by atoms with Crippen molar-refractivity contribution in [2.45, 2.75) is 38.1 Å². The van der Waals surface area contributed by atoms with Crippen molar-refractivity contribution in [1.82, 2.24) is 9.88 Å². The van der Waals surface area contributed by atoms with Crippen LogP contribution in [0.5, 0.6) is 0 Å². The molecule has 5 heteroatoms.